The number of hydrogen-bond acceptors (Lipinski definition) is 5. The minimum absolute atomic E-state index is 0.0304. The van der Waals surface area contributed by atoms with Gasteiger partial charge in [-0.2, -0.15) is 0 Å². The first-order chi connectivity index (χ1) is 12.7. The van der Waals surface area contributed by atoms with E-state index in [2.05, 4.69) is 5.32 Å². The molecule has 0 aromatic heterocycles. The number of ketones is 1. The number of sulfonamides is 1. The summed E-state index contributed by atoms with van der Waals surface area (Å²) in [5.74, 6) is 0.198. The SMILES string of the molecule is COc1ccc(C(=O)CCC(=O)Nc2ccc(S(=O)(=O)N(C)C)cc2)cc1. The summed E-state index contributed by atoms with van der Waals surface area (Å²) < 4.78 is 30.2. The van der Waals surface area contributed by atoms with Crippen LogP contribution < -0.4 is 10.1 Å². The molecule has 0 aliphatic heterocycles. The zero-order valence-electron chi connectivity index (χ0n) is 15.4. The van der Waals surface area contributed by atoms with Crippen LogP contribution in [-0.2, 0) is 14.8 Å². The first kappa shape index (κ1) is 20.6. The predicted molar refractivity (Wildman–Crippen MR) is 103 cm³/mol. The third-order valence-corrected chi connectivity index (χ3v) is 5.74. The lowest BCUT2D eigenvalue weighted by Crippen LogP contribution is -2.22. The van der Waals surface area contributed by atoms with Gasteiger partial charge >= 0.3 is 0 Å². The van der Waals surface area contributed by atoms with E-state index in [0.29, 0.717) is 17.0 Å². The van der Waals surface area contributed by atoms with Crippen molar-refractivity contribution in [2.24, 2.45) is 0 Å². The number of amides is 1. The van der Waals surface area contributed by atoms with E-state index in [-0.39, 0.29) is 29.4 Å². The summed E-state index contributed by atoms with van der Waals surface area (Å²) in [5.41, 5.74) is 0.983. The molecule has 0 saturated heterocycles. The molecule has 8 heteroatoms. The maximum absolute atomic E-state index is 12.1. The Hall–Kier alpha value is -2.71. The summed E-state index contributed by atoms with van der Waals surface area (Å²) in [6.45, 7) is 0. The molecule has 0 atom stereocenters. The van der Waals surface area contributed by atoms with Gasteiger partial charge in [0.05, 0.1) is 12.0 Å². The van der Waals surface area contributed by atoms with E-state index in [1.54, 1.807) is 31.4 Å². The Kier molecular flexibility index (Phi) is 6.70. The molecule has 27 heavy (non-hydrogen) atoms. The van der Waals surface area contributed by atoms with Crippen LogP contribution in [0.15, 0.2) is 53.4 Å². The summed E-state index contributed by atoms with van der Waals surface area (Å²) in [7, 11) is 0.932. The number of hydrogen-bond donors (Lipinski definition) is 1. The van der Waals surface area contributed by atoms with Crippen molar-refractivity contribution in [1.29, 1.82) is 0 Å². The third-order valence-electron chi connectivity index (χ3n) is 3.91. The van der Waals surface area contributed by atoms with Gasteiger partial charge in [-0.3, -0.25) is 9.59 Å². The quantitative estimate of drug-likeness (QED) is 0.699. The van der Waals surface area contributed by atoms with Crippen molar-refractivity contribution < 1.29 is 22.7 Å². The van der Waals surface area contributed by atoms with Crippen LogP contribution in [0.5, 0.6) is 5.75 Å². The number of benzene rings is 2. The van der Waals surface area contributed by atoms with E-state index in [9.17, 15) is 18.0 Å². The second-order valence-corrected chi connectivity index (χ2v) is 8.16. The van der Waals surface area contributed by atoms with Crippen molar-refractivity contribution in [1.82, 2.24) is 4.31 Å². The van der Waals surface area contributed by atoms with E-state index in [1.165, 1.54) is 38.4 Å². The molecule has 1 amide bonds. The topological polar surface area (TPSA) is 92.8 Å². The van der Waals surface area contributed by atoms with Gasteiger partial charge in [-0.05, 0) is 48.5 Å². The lowest BCUT2D eigenvalue weighted by molar-refractivity contribution is -0.116. The van der Waals surface area contributed by atoms with Crippen molar-refractivity contribution in [2.75, 3.05) is 26.5 Å². The summed E-state index contributed by atoms with van der Waals surface area (Å²) in [6.07, 6.45) is 0.105. The maximum atomic E-state index is 12.1. The van der Waals surface area contributed by atoms with Crippen molar-refractivity contribution in [3.05, 3.63) is 54.1 Å². The van der Waals surface area contributed by atoms with Crippen LogP contribution in [-0.4, -0.2) is 45.6 Å². The molecule has 0 fully saturated rings. The summed E-state index contributed by atoms with van der Waals surface area (Å²) in [4.78, 5) is 24.3. The molecule has 0 unspecified atom stereocenters. The van der Waals surface area contributed by atoms with Gasteiger partial charge in [0.1, 0.15) is 5.75 Å². The molecule has 2 aromatic carbocycles. The Labute approximate surface area is 159 Å². The highest BCUT2D eigenvalue weighted by molar-refractivity contribution is 7.89. The van der Waals surface area contributed by atoms with Gasteiger partial charge in [-0.25, -0.2) is 12.7 Å². The molecule has 0 aliphatic rings. The molecular formula is C19H22N2O5S. The number of ether oxygens (including phenoxy) is 1. The van der Waals surface area contributed by atoms with E-state index in [4.69, 9.17) is 4.74 Å². The Morgan fingerprint density at radius 3 is 2.07 bits per heavy atom. The Morgan fingerprint density at radius 1 is 0.963 bits per heavy atom. The molecular weight excluding hydrogens is 368 g/mol. The molecule has 0 saturated carbocycles. The lowest BCUT2D eigenvalue weighted by Gasteiger charge is -2.12. The van der Waals surface area contributed by atoms with E-state index >= 15 is 0 Å². The standard InChI is InChI=1S/C19H22N2O5S/c1-21(2)27(24,25)17-10-6-15(7-11-17)20-19(23)13-12-18(22)14-4-8-16(26-3)9-5-14/h4-11H,12-13H2,1-3H3,(H,20,23). The Bertz CT molecular complexity index is 904. The maximum Gasteiger partial charge on any atom is 0.242 e. The fourth-order valence-corrected chi connectivity index (χ4v) is 3.19. The smallest absolute Gasteiger partial charge is 0.242 e. The minimum Gasteiger partial charge on any atom is -0.497 e. The highest BCUT2D eigenvalue weighted by Crippen LogP contribution is 2.17. The monoisotopic (exact) mass is 390 g/mol. The van der Waals surface area contributed by atoms with Gasteiger partial charge in [-0.1, -0.05) is 0 Å². The number of methoxy groups -OCH3 is 1. The zero-order valence-corrected chi connectivity index (χ0v) is 16.2. The fraction of sp³-hybridized carbons (Fsp3) is 0.263. The van der Waals surface area contributed by atoms with Crippen LogP contribution in [0.4, 0.5) is 5.69 Å². The van der Waals surface area contributed by atoms with Crippen LogP contribution in [0, 0.1) is 0 Å². The van der Waals surface area contributed by atoms with Crippen LogP contribution >= 0.6 is 0 Å². The highest BCUT2D eigenvalue weighted by atomic mass is 32.2. The number of Topliss-reactive ketones (excluding diaryl/α,β-unsaturated/α-hetero) is 1. The average Bonchev–Trinajstić information content (AvgIpc) is 2.66. The fourth-order valence-electron chi connectivity index (χ4n) is 2.29. The van der Waals surface area contributed by atoms with Gasteiger partial charge in [0.15, 0.2) is 5.78 Å². The molecule has 1 N–H and O–H groups in total. The van der Waals surface area contributed by atoms with E-state index in [1.807, 2.05) is 0 Å². The lowest BCUT2D eigenvalue weighted by atomic mass is 10.1. The number of nitrogens with zero attached hydrogens (tertiary/aromatic N) is 1. The van der Waals surface area contributed by atoms with E-state index < -0.39 is 10.0 Å². The second-order valence-electron chi connectivity index (χ2n) is 6.01. The number of nitrogens with one attached hydrogen (secondary N) is 1. The van der Waals surface area contributed by atoms with Crippen LogP contribution in [0.25, 0.3) is 0 Å². The second kappa shape index (κ2) is 8.79. The van der Waals surface area contributed by atoms with Gasteiger partial charge < -0.3 is 10.1 Å². The van der Waals surface area contributed by atoms with E-state index in [0.717, 1.165) is 4.31 Å². The first-order valence-corrected chi connectivity index (χ1v) is 9.67. The normalized spacial score (nSPS) is 11.3. The summed E-state index contributed by atoms with van der Waals surface area (Å²) in [6, 6.07) is 12.6. The number of carbonyl (C=O) groups is 2. The highest BCUT2D eigenvalue weighted by Gasteiger charge is 2.17. The largest absolute Gasteiger partial charge is 0.497 e. The third kappa shape index (κ3) is 5.38. The molecule has 2 rings (SSSR count). The van der Waals surface area contributed by atoms with Gasteiger partial charge in [0.25, 0.3) is 0 Å². The molecule has 144 valence electrons. The molecule has 0 bridgehead atoms. The van der Waals surface area contributed by atoms with Crippen molar-refractivity contribution >= 4 is 27.4 Å². The molecule has 0 heterocycles. The number of rotatable bonds is 8. The molecule has 0 aliphatic carbocycles. The van der Waals surface area contributed by atoms with Crippen molar-refractivity contribution in [3.63, 3.8) is 0 Å². The van der Waals surface area contributed by atoms with Gasteiger partial charge in [-0.15, -0.1) is 0 Å². The molecule has 2 aromatic rings. The molecule has 0 radical (unpaired) electrons. The number of anilines is 1. The predicted octanol–water partition coefficient (Wildman–Crippen LogP) is 2.55. The average molecular weight is 390 g/mol. The summed E-state index contributed by atoms with van der Waals surface area (Å²) in [5, 5.41) is 2.66. The first-order valence-electron chi connectivity index (χ1n) is 8.23. The summed E-state index contributed by atoms with van der Waals surface area (Å²) >= 11 is 0. The van der Waals surface area contributed by atoms with Gasteiger partial charge in [0.2, 0.25) is 15.9 Å². The number of carbonyl (C=O) groups excluding carboxylic acids is 2. The van der Waals surface area contributed by atoms with Crippen LogP contribution in [0.2, 0.25) is 0 Å². The van der Waals surface area contributed by atoms with Crippen molar-refractivity contribution in [2.45, 2.75) is 17.7 Å². The molecule has 0 spiro atoms. The molecule has 7 nitrogen and oxygen atoms in total. The Balaban J connectivity index is 1.90. The van der Waals surface area contributed by atoms with Gasteiger partial charge in [0, 0.05) is 38.2 Å². The minimum atomic E-state index is -3.51. The van der Waals surface area contributed by atoms with Crippen LogP contribution in [0.1, 0.15) is 23.2 Å². The zero-order chi connectivity index (χ0) is 20.0. The van der Waals surface area contributed by atoms with Crippen molar-refractivity contribution in [3.8, 4) is 5.75 Å². The Morgan fingerprint density at radius 2 is 1.56 bits per heavy atom. The van der Waals surface area contributed by atoms with Crippen LogP contribution in [0.3, 0.4) is 0 Å².